The Morgan fingerprint density at radius 2 is 2.12 bits per heavy atom. The van der Waals surface area contributed by atoms with E-state index in [0.29, 0.717) is 18.1 Å². The summed E-state index contributed by atoms with van der Waals surface area (Å²) in [7, 11) is 0. The summed E-state index contributed by atoms with van der Waals surface area (Å²) in [5, 5.41) is 9.86. The van der Waals surface area contributed by atoms with Gasteiger partial charge in [0.15, 0.2) is 0 Å². The van der Waals surface area contributed by atoms with E-state index in [1.54, 1.807) is 23.1 Å². The molecule has 2 N–H and O–H groups in total. The molecule has 0 spiro atoms. The van der Waals surface area contributed by atoms with Crippen molar-refractivity contribution in [2.24, 2.45) is 0 Å². The van der Waals surface area contributed by atoms with Gasteiger partial charge in [-0.15, -0.1) is 0 Å². The monoisotopic (exact) mass is 325 g/mol. The molecule has 0 fully saturated rings. The number of rotatable bonds is 5. The summed E-state index contributed by atoms with van der Waals surface area (Å²) in [5.74, 6) is 2.12. The molecule has 24 heavy (non-hydrogen) atoms. The van der Waals surface area contributed by atoms with Crippen molar-refractivity contribution in [3.63, 3.8) is 0 Å². The fraction of sp³-hybridized carbons (Fsp3) is 0.235. The van der Waals surface area contributed by atoms with E-state index >= 15 is 0 Å². The molecular formula is C17H19N5O2. The minimum Gasteiger partial charge on any atom is -0.464 e. The molecule has 124 valence electrons. The van der Waals surface area contributed by atoms with E-state index in [1.807, 2.05) is 44.2 Å². The van der Waals surface area contributed by atoms with Gasteiger partial charge in [-0.25, -0.2) is 9.48 Å². The number of nitrogens with zero attached hydrogens (tertiary/aromatic N) is 3. The predicted octanol–water partition coefficient (Wildman–Crippen LogP) is 3.11. The van der Waals surface area contributed by atoms with Crippen molar-refractivity contribution in [3.8, 4) is 0 Å². The van der Waals surface area contributed by atoms with Crippen molar-refractivity contribution in [2.75, 3.05) is 5.32 Å². The lowest BCUT2D eigenvalue weighted by molar-refractivity contribution is 0.247. The highest BCUT2D eigenvalue weighted by atomic mass is 16.3. The fourth-order valence-corrected chi connectivity index (χ4v) is 2.32. The van der Waals surface area contributed by atoms with Crippen molar-refractivity contribution in [1.82, 2.24) is 20.1 Å². The summed E-state index contributed by atoms with van der Waals surface area (Å²) >= 11 is 0. The second kappa shape index (κ2) is 6.99. The first-order valence-corrected chi connectivity index (χ1v) is 7.67. The number of hydrogen-bond acceptors (Lipinski definition) is 4. The van der Waals surface area contributed by atoms with Crippen molar-refractivity contribution < 1.29 is 9.21 Å². The Hall–Kier alpha value is -3.09. The minimum atomic E-state index is -0.320. The van der Waals surface area contributed by atoms with Crippen LogP contribution < -0.4 is 10.6 Å². The second-order valence-corrected chi connectivity index (χ2v) is 5.46. The number of pyridine rings is 1. The zero-order valence-electron chi connectivity index (χ0n) is 13.6. The third-order valence-corrected chi connectivity index (χ3v) is 3.53. The van der Waals surface area contributed by atoms with Crippen LogP contribution in [0.15, 0.2) is 53.2 Å². The molecule has 7 nitrogen and oxygen atoms in total. The standard InChI is InChI=1S/C17H19N5O2/c1-12-6-7-15(24-12)13(2)20-17(23)21-16-8-10-19-22(16)11-14-5-3-4-9-18-14/h3-10,13H,11H2,1-2H3,(H2,20,21,23)/t13-/m0/s1. The minimum absolute atomic E-state index is 0.231. The number of anilines is 1. The zero-order valence-corrected chi connectivity index (χ0v) is 13.6. The highest BCUT2D eigenvalue weighted by Crippen LogP contribution is 2.16. The highest BCUT2D eigenvalue weighted by molar-refractivity contribution is 5.88. The van der Waals surface area contributed by atoms with Crippen molar-refractivity contribution >= 4 is 11.8 Å². The molecule has 0 unspecified atom stereocenters. The molecule has 2 amide bonds. The molecule has 0 aromatic carbocycles. The van der Waals surface area contributed by atoms with Gasteiger partial charge in [-0.3, -0.25) is 10.3 Å². The lowest BCUT2D eigenvalue weighted by Crippen LogP contribution is -2.31. The Balaban J connectivity index is 1.62. The quantitative estimate of drug-likeness (QED) is 0.755. The van der Waals surface area contributed by atoms with E-state index in [-0.39, 0.29) is 12.1 Å². The van der Waals surface area contributed by atoms with Crippen LogP contribution in [0.2, 0.25) is 0 Å². The van der Waals surface area contributed by atoms with Crippen LogP contribution in [0.25, 0.3) is 0 Å². The Bertz CT molecular complexity index is 809. The zero-order chi connectivity index (χ0) is 16.9. The van der Waals surface area contributed by atoms with Crippen LogP contribution in [0.1, 0.15) is 30.2 Å². The number of urea groups is 1. The van der Waals surface area contributed by atoms with E-state index in [1.165, 1.54) is 0 Å². The molecular weight excluding hydrogens is 306 g/mol. The maximum atomic E-state index is 12.2. The van der Waals surface area contributed by atoms with Gasteiger partial charge in [0.25, 0.3) is 0 Å². The molecule has 0 saturated carbocycles. The lowest BCUT2D eigenvalue weighted by Gasteiger charge is -2.13. The van der Waals surface area contributed by atoms with Gasteiger partial charge in [0, 0.05) is 12.3 Å². The Morgan fingerprint density at radius 1 is 1.25 bits per heavy atom. The predicted molar refractivity (Wildman–Crippen MR) is 89.6 cm³/mol. The van der Waals surface area contributed by atoms with Crippen molar-refractivity contribution in [3.05, 3.63) is 66.0 Å². The number of aromatic nitrogens is 3. The molecule has 3 rings (SSSR count). The van der Waals surface area contributed by atoms with Gasteiger partial charge in [-0.1, -0.05) is 6.07 Å². The van der Waals surface area contributed by atoms with E-state index in [4.69, 9.17) is 4.42 Å². The van der Waals surface area contributed by atoms with Gasteiger partial charge >= 0.3 is 6.03 Å². The maximum absolute atomic E-state index is 12.2. The van der Waals surface area contributed by atoms with Crippen LogP contribution in [0, 0.1) is 6.92 Å². The van der Waals surface area contributed by atoms with E-state index in [2.05, 4.69) is 20.7 Å². The van der Waals surface area contributed by atoms with Gasteiger partial charge in [0.2, 0.25) is 0 Å². The molecule has 3 aromatic heterocycles. The van der Waals surface area contributed by atoms with Crippen LogP contribution in [0.3, 0.4) is 0 Å². The van der Waals surface area contributed by atoms with E-state index in [9.17, 15) is 4.79 Å². The SMILES string of the molecule is Cc1ccc([C@H](C)NC(=O)Nc2ccnn2Cc2ccccn2)o1. The molecule has 0 aliphatic heterocycles. The highest BCUT2D eigenvalue weighted by Gasteiger charge is 2.14. The number of hydrogen-bond donors (Lipinski definition) is 2. The first kappa shape index (κ1) is 15.8. The van der Waals surface area contributed by atoms with Gasteiger partial charge in [0.1, 0.15) is 17.3 Å². The molecule has 3 aromatic rings. The first-order chi connectivity index (χ1) is 11.6. The van der Waals surface area contributed by atoms with Gasteiger partial charge in [-0.2, -0.15) is 5.10 Å². The summed E-state index contributed by atoms with van der Waals surface area (Å²) in [6.07, 6.45) is 3.36. The summed E-state index contributed by atoms with van der Waals surface area (Å²) in [6.45, 7) is 4.21. The molecule has 0 radical (unpaired) electrons. The summed E-state index contributed by atoms with van der Waals surface area (Å²) in [6, 6.07) is 10.6. The number of carbonyl (C=O) groups excluding carboxylic acids is 1. The number of furan rings is 1. The van der Waals surface area contributed by atoms with E-state index in [0.717, 1.165) is 11.5 Å². The Morgan fingerprint density at radius 3 is 2.83 bits per heavy atom. The normalized spacial score (nSPS) is 11.9. The molecule has 1 atom stereocenters. The largest absolute Gasteiger partial charge is 0.464 e. The number of amides is 2. The van der Waals surface area contributed by atoms with Crippen molar-refractivity contribution in [2.45, 2.75) is 26.4 Å². The molecule has 7 heteroatoms. The fourth-order valence-electron chi connectivity index (χ4n) is 2.32. The second-order valence-electron chi connectivity index (χ2n) is 5.46. The van der Waals surface area contributed by atoms with Crippen LogP contribution in [0.5, 0.6) is 0 Å². The van der Waals surface area contributed by atoms with Crippen LogP contribution in [-0.2, 0) is 6.54 Å². The topological polar surface area (TPSA) is 85.0 Å². The Kier molecular flexibility index (Phi) is 4.60. The molecule has 0 saturated heterocycles. The number of carbonyl (C=O) groups is 1. The Labute approximate surface area is 139 Å². The molecule has 0 aliphatic rings. The van der Waals surface area contributed by atoms with Gasteiger partial charge in [-0.05, 0) is 38.1 Å². The number of nitrogens with one attached hydrogen (secondary N) is 2. The van der Waals surface area contributed by atoms with Crippen LogP contribution >= 0.6 is 0 Å². The average Bonchev–Trinajstić information content (AvgIpc) is 3.18. The molecule has 0 aliphatic carbocycles. The van der Waals surface area contributed by atoms with Gasteiger partial charge in [0.05, 0.1) is 24.5 Å². The third-order valence-electron chi connectivity index (χ3n) is 3.53. The average molecular weight is 325 g/mol. The third kappa shape index (κ3) is 3.81. The van der Waals surface area contributed by atoms with Crippen LogP contribution in [0.4, 0.5) is 10.6 Å². The van der Waals surface area contributed by atoms with Gasteiger partial charge < -0.3 is 9.73 Å². The lowest BCUT2D eigenvalue weighted by atomic mass is 10.2. The molecule has 3 heterocycles. The summed E-state index contributed by atoms with van der Waals surface area (Å²) < 4.78 is 7.20. The summed E-state index contributed by atoms with van der Waals surface area (Å²) in [4.78, 5) is 16.4. The van der Waals surface area contributed by atoms with Crippen LogP contribution in [-0.4, -0.2) is 20.8 Å². The smallest absolute Gasteiger partial charge is 0.320 e. The maximum Gasteiger partial charge on any atom is 0.320 e. The summed E-state index contributed by atoms with van der Waals surface area (Å²) in [5.41, 5.74) is 0.865. The first-order valence-electron chi connectivity index (χ1n) is 7.67. The van der Waals surface area contributed by atoms with Crippen molar-refractivity contribution in [1.29, 1.82) is 0 Å². The number of aryl methyl sites for hydroxylation is 1. The molecule has 0 bridgehead atoms. The van der Waals surface area contributed by atoms with E-state index < -0.39 is 0 Å².